The van der Waals surface area contributed by atoms with Crippen LogP contribution < -0.4 is 10.6 Å². The van der Waals surface area contributed by atoms with Crippen molar-refractivity contribution in [2.75, 3.05) is 7.05 Å². The molecule has 9 heteroatoms. The molecule has 2 rings (SSSR count). The Labute approximate surface area is 262 Å². The highest BCUT2D eigenvalue weighted by molar-refractivity contribution is 5.94. The molecule has 0 aliphatic rings. The number of alkyl carbamates (subject to hydrolysis) is 1. The highest BCUT2D eigenvalue weighted by atomic mass is 16.6. The first-order chi connectivity index (χ1) is 20.5. The van der Waals surface area contributed by atoms with E-state index in [4.69, 9.17) is 15.9 Å². The summed E-state index contributed by atoms with van der Waals surface area (Å²) in [4.78, 5) is 55.6. The van der Waals surface area contributed by atoms with Gasteiger partial charge in [-0.05, 0) is 64.7 Å². The van der Waals surface area contributed by atoms with Gasteiger partial charge in [-0.1, -0.05) is 74.7 Å². The molecule has 44 heavy (non-hydrogen) atoms. The van der Waals surface area contributed by atoms with Crippen LogP contribution in [0.5, 0.6) is 0 Å². The van der Waals surface area contributed by atoms with Crippen molar-refractivity contribution >= 4 is 23.9 Å². The molecule has 0 bridgehead atoms. The van der Waals surface area contributed by atoms with Crippen LogP contribution in [0.25, 0.3) is 0 Å². The summed E-state index contributed by atoms with van der Waals surface area (Å²) < 4.78 is 11.1. The first-order valence-electron chi connectivity index (χ1n) is 14.9. The maximum atomic E-state index is 14.2. The van der Waals surface area contributed by atoms with Crippen molar-refractivity contribution in [3.05, 3.63) is 71.3 Å². The second-order valence-corrected chi connectivity index (χ2v) is 12.9. The summed E-state index contributed by atoms with van der Waals surface area (Å²) in [7, 11) is 1.48. The van der Waals surface area contributed by atoms with Crippen LogP contribution in [0.15, 0.2) is 54.6 Å². The number of hydrogen-bond donors (Lipinski definition) is 2. The van der Waals surface area contributed by atoms with E-state index in [-0.39, 0.29) is 12.3 Å². The van der Waals surface area contributed by atoms with Gasteiger partial charge in [-0.3, -0.25) is 9.59 Å². The summed E-state index contributed by atoms with van der Waals surface area (Å²) in [5, 5.41) is 5.54. The smallest absolute Gasteiger partial charge is 0.408 e. The number of rotatable bonds is 11. The van der Waals surface area contributed by atoms with E-state index >= 15 is 0 Å². The Morgan fingerprint density at radius 1 is 0.886 bits per heavy atom. The quantitative estimate of drug-likeness (QED) is 0.270. The predicted molar refractivity (Wildman–Crippen MR) is 170 cm³/mol. The fourth-order valence-corrected chi connectivity index (χ4v) is 4.52. The lowest BCUT2D eigenvalue weighted by molar-refractivity contribution is -0.159. The molecule has 2 aromatic rings. The number of hydrogen-bond acceptors (Lipinski definition) is 6. The SMILES string of the molecule is C#Cc1ccccc1C(C(=O)NC(Cc1ccccc1)C(=O)OC(C)(C)C)N(C)C(=O)C(NC(=O)OC(C)(C)C)C(C)CC. The Balaban J connectivity index is 2.55. The second kappa shape index (κ2) is 15.4. The molecular weight excluding hydrogens is 558 g/mol. The molecule has 9 nitrogen and oxygen atoms in total. The van der Waals surface area contributed by atoms with Crippen LogP contribution in [0, 0.1) is 18.3 Å². The Kier molecular flexibility index (Phi) is 12.6. The molecular formula is C35H47N3O6. The highest BCUT2D eigenvalue weighted by Gasteiger charge is 2.38. The molecule has 0 aromatic heterocycles. The summed E-state index contributed by atoms with van der Waals surface area (Å²) in [5.74, 6) is 0.536. The topological polar surface area (TPSA) is 114 Å². The van der Waals surface area contributed by atoms with Crippen molar-refractivity contribution in [2.45, 2.75) is 97.6 Å². The average molecular weight is 606 g/mol. The highest BCUT2D eigenvalue weighted by Crippen LogP contribution is 2.26. The number of carbonyl (C=O) groups is 4. The molecule has 2 N–H and O–H groups in total. The number of esters is 1. The third kappa shape index (κ3) is 10.7. The minimum Gasteiger partial charge on any atom is -0.458 e. The largest absolute Gasteiger partial charge is 0.458 e. The number of nitrogens with one attached hydrogen (secondary N) is 2. The lowest BCUT2D eigenvalue weighted by Gasteiger charge is -2.34. The number of amides is 3. The maximum Gasteiger partial charge on any atom is 0.408 e. The minimum absolute atomic E-state index is 0.165. The average Bonchev–Trinajstić information content (AvgIpc) is 2.93. The molecule has 0 saturated carbocycles. The van der Waals surface area contributed by atoms with Crippen LogP contribution in [0.3, 0.4) is 0 Å². The van der Waals surface area contributed by atoms with Crippen molar-refractivity contribution in [1.29, 1.82) is 0 Å². The fraction of sp³-hybridized carbons (Fsp3) is 0.486. The van der Waals surface area contributed by atoms with Crippen molar-refractivity contribution in [3.8, 4) is 12.3 Å². The van der Waals surface area contributed by atoms with Crippen LogP contribution in [0.4, 0.5) is 4.79 Å². The monoisotopic (exact) mass is 605 g/mol. The van der Waals surface area contributed by atoms with E-state index in [0.29, 0.717) is 17.5 Å². The van der Waals surface area contributed by atoms with Crippen LogP contribution >= 0.6 is 0 Å². The van der Waals surface area contributed by atoms with Gasteiger partial charge in [-0.15, -0.1) is 6.42 Å². The fourth-order valence-electron chi connectivity index (χ4n) is 4.52. The molecule has 0 fully saturated rings. The lowest BCUT2D eigenvalue weighted by Crippen LogP contribution is -2.55. The minimum atomic E-state index is -1.23. The zero-order valence-electron chi connectivity index (χ0n) is 27.4. The third-order valence-corrected chi connectivity index (χ3v) is 6.84. The molecule has 0 aliphatic heterocycles. The maximum absolute atomic E-state index is 14.2. The third-order valence-electron chi connectivity index (χ3n) is 6.84. The molecule has 0 radical (unpaired) electrons. The Hall–Kier alpha value is -4.32. The number of carbonyl (C=O) groups excluding carboxylic acids is 4. The molecule has 3 amide bonds. The molecule has 2 aromatic carbocycles. The first-order valence-corrected chi connectivity index (χ1v) is 14.9. The van der Waals surface area contributed by atoms with Gasteiger partial charge < -0.3 is 25.0 Å². The second-order valence-electron chi connectivity index (χ2n) is 12.9. The van der Waals surface area contributed by atoms with Crippen molar-refractivity contribution in [3.63, 3.8) is 0 Å². The van der Waals surface area contributed by atoms with Crippen LogP contribution in [-0.2, 0) is 30.3 Å². The molecule has 238 valence electrons. The number of ether oxygens (including phenoxy) is 2. The van der Waals surface area contributed by atoms with Crippen molar-refractivity contribution in [1.82, 2.24) is 15.5 Å². The number of benzene rings is 2. The number of likely N-dealkylation sites (N-methyl/N-ethyl adjacent to an activating group) is 1. The summed E-state index contributed by atoms with van der Waals surface area (Å²) >= 11 is 0. The van der Waals surface area contributed by atoms with Gasteiger partial charge >= 0.3 is 12.1 Å². The molecule has 0 aliphatic carbocycles. The molecule has 4 unspecified atom stereocenters. The number of nitrogens with zero attached hydrogens (tertiary/aromatic N) is 1. The van der Waals surface area contributed by atoms with E-state index < -0.39 is 53.2 Å². The van der Waals surface area contributed by atoms with Crippen LogP contribution in [0.2, 0.25) is 0 Å². The van der Waals surface area contributed by atoms with E-state index in [2.05, 4.69) is 16.6 Å². The summed E-state index contributed by atoms with van der Waals surface area (Å²) in [6, 6.07) is 12.7. The van der Waals surface area contributed by atoms with Gasteiger partial charge in [0.05, 0.1) is 0 Å². The van der Waals surface area contributed by atoms with Gasteiger partial charge in [-0.25, -0.2) is 9.59 Å². The van der Waals surface area contributed by atoms with Gasteiger partial charge in [-0.2, -0.15) is 0 Å². The molecule has 4 atom stereocenters. The van der Waals surface area contributed by atoms with E-state index in [1.165, 1.54) is 11.9 Å². The molecule has 0 saturated heterocycles. The standard InChI is InChI=1S/C35H47N3O6/c1-11-23(3)28(37-33(42)44-35(7,8)9)31(40)38(10)29(26-21-17-16-20-25(26)12-2)30(39)36-27(32(41)43-34(4,5)6)22-24-18-14-13-15-19-24/h2,13-21,23,27-29H,11,22H2,1,3-10H3,(H,36,39)(H,37,42). The summed E-state index contributed by atoms with van der Waals surface area (Å²) in [6.07, 6.45) is 5.79. The van der Waals surface area contributed by atoms with Crippen LogP contribution in [-0.4, -0.2) is 59.1 Å². The van der Waals surface area contributed by atoms with E-state index in [1.807, 2.05) is 44.2 Å². The first kappa shape index (κ1) is 35.9. The van der Waals surface area contributed by atoms with Gasteiger partial charge in [0.25, 0.3) is 0 Å². The Morgan fingerprint density at radius 2 is 1.45 bits per heavy atom. The van der Waals surface area contributed by atoms with Gasteiger partial charge in [0.15, 0.2) is 0 Å². The lowest BCUT2D eigenvalue weighted by atomic mass is 9.94. The Bertz CT molecular complexity index is 1340. The van der Waals surface area contributed by atoms with Crippen molar-refractivity contribution < 1.29 is 28.7 Å². The summed E-state index contributed by atoms with van der Waals surface area (Å²) in [5.41, 5.74) is 0.0425. The van der Waals surface area contributed by atoms with Gasteiger partial charge in [0, 0.05) is 19.0 Å². The zero-order chi connectivity index (χ0) is 33.2. The van der Waals surface area contributed by atoms with Gasteiger partial charge in [0.1, 0.15) is 29.3 Å². The van der Waals surface area contributed by atoms with E-state index in [0.717, 1.165) is 5.56 Å². The summed E-state index contributed by atoms with van der Waals surface area (Å²) in [6.45, 7) is 14.2. The van der Waals surface area contributed by atoms with Crippen LogP contribution in [0.1, 0.15) is 84.5 Å². The zero-order valence-corrected chi connectivity index (χ0v) is 27.4. The van der Waals surface area contributed by atoms with E-state index in [9.17, 15) is 19.2 Å². The predicted octanol–water partition coefficient (Wildman–Crippen LogP) is 5.18. The molecule has 0 spiro atoms. The van der Waals surface area contributed by atoms with Crippen molar-refractivity contribution in [2.24, 2.45) is 5.92 Å². The molecule has 0 heterocycles. The van der Waals surface area contributed by atoms with Gasteiger partial charge in [0.2, 0.25) is 11.8 Å². The normalized spacial score (nSPS) is 14.2. The van der Waals surface area contributed by atoms with E-state index in [1.54, 1.807) is 65.8 Å². The number of terminal acetylenes is 1. The Morgan fingerprint density at radius 3 is 2.00 bits per heavy atom.